The lowest BCUT2D eigenvalue weighted by Gasteiger charge is -2.13. The van der Waals surface area contributed by atoms with Crippen molar-refractivity contribution in [2.75, 3.05) is 20.1 Å². The molecule has 0 bridgehead atoms. The first kappa shape index (κ1) is 12.2. The van der Waals surface area contributed by atoms with E-state index in [0.29, 0.717) is 0 Å². The van der Waals surface area contributed by atoms with E-state index in [2.05, 4.69) is 44.0 Å². The Kier molecular flexibility index (Phi) is 7.32. The zero-order valence-electron chi connectivity index (χ0n) is 9.25. The molecule has 0 aliphatic heterocycles. The van der Waals surface area contributed by atoms with Crippen LogP contribution in [-0.2, 0) is 0 Å². The first-order valence-electron chi connectivity index (χ1n) is 4.84. The second kappa shape index (κ2) is 7.81. The van der Waals surface area contributed by atoms with E-state index in [4.69, 9.17) is 0 Å². The van der Waals surface area contributed by atoms with Gasteiger partial charge in [0.2, 0.25) is 0 Å². The minimum atomic E-state index is 1.05. The average Bonchev–Trinajstić information content (AvgIpc) is 2.12. The molecule has 0 aromatic heterocycles. The smallest absolute Gasteiger partial charge is 0.0190 e. The van der Waals surface area contributed by atoms with Gasteiger partial charge in [-0.25, -0.2) is 0 Å². The molecule has 0 aromatic rings. The average molecular weight is 179 g/mol. The van der Waals surface area contributed by atoms with Gasteiger partial charge in [-0.1, -0.05) is 42.9 Å². The number of hydrogen-bond donors (Lipinski definition) is 0. The lowest BCUT2D eigenvalue weighted by atomic mass is 10.2. The van der Waals surface area contributed by atoms with Gasteiger partial charge in [-0.15, -0.1) is 0 Å². The number of rotatable bonds is 5. The van der Waals surface area contributed by atoms with Gasteiger partial charge in [0.25, 0.3) is 0 Å². The molecule has 0 radical (unpaired) electrons. The van der Waals surface area contributed by atoms with Gasteiger partial charge in [-0.05, 0) is 27.4 Å². The van der Waals surface area contributed by atoms with Crippen LogP contribution in [0.25, 0.3) is 0 Å². The summed E-state index contributed by atoms with van der Waals surface area (Å²) >= 11 is 0. The zero-order valence-corrected chi connectivity index (χ0v) is 9.25. The van der Waals surface area contributed by atoms with Gasteiger partial charge < -0.3 is 4.90 Å². The van der Waals surface area contributed by atoms with Crippen LogP contribution in [0, 0.1) is 0 Å². The quantitative estimate of drug-likeness (QED) is 0.586. The second-order valence-corrected chi connectivity index (χ2v) is 3.25. The van der Waals surface area contributed by atoms with Crippen molar-refractivity contribution < 1.29 is 0 Å². The van der Waals surface area contributed by atoms with Crippen molar-refractivity contribution in [3.8, 4) is 0 Å². The van der Waals surface area contributed by atoms with Crippen molar-refractivity contribution in [3.05, 3.63) is 36.0 Å². The SMILES string of the molecule is CC=CC=CC=C(C)CN(C)CC. The van der Waals surface area contributed by atoms with E-state index in [0.717, 1.165) is 13.1 Å². The van der Waals surface area contributed by atoms with Crippen LogP contribution in [0.3, 0.4) is 0 Å². The molecule has 0 spiro atoms. The molecule has 0 heterocycles. The standard InChI is InChI=1S/C12H21N/c1-5-7-8-9-10-12(3)11-13(4)6-2/h5,7-10H,6,11H2,1-4H3. The van der Waals surface area contributed by atoms with Crippen LogP contribution >= 0.6 is 0 Å². The van der Waals surface area contributed by atoms with E-state index < -0.39 is 0 Å². The number of likely N-dealkylation sites (N-methyl/N-ethyl adjacent to an activating group) is 1. The van der Waals surface area contributed by atoms with Crippen LogP contribution in [0.15, 0.2) is 36.0 Å². The molecule has 13 heavy (non-hydrogen) atoms. The molecule has 0 aliphatic carbocycles. The highest BCUT2D eigenvalue weighted by Crippen LogP contribution is 1.96. The highest BCUT2D eigenvalue weighted by atomic mass is 15.1. The van der Waals surface area contributed by atoms with Crippen molar-refractivity contribution in [3.63, 3.8) is 0 Å². The lowest BCUT2D eigenvalue weighted by Crippen LogP contribution is -2.19. The summed E-state index contributed by atoms with van der Waals surface area (Å²) in [5.74, 6) is 0. The van der Waals surface area contributed by atoms with Gasteiger partial charge >= 0.3 is 0 Å². The monoisotopic (exact) mass is 179 g/mol. The van der Waals surface area contributed by atoms with Gasteiger partial charge in [0.15, 0.2) is 0 Å². The minimum absolute atomic E-state index is 1.05. The van der Waals surface area contributed by atoms with Gasteiger partial charge in [-0.3, -0.25) is 0 Å². The third-order valence-electron chi connectivity index (χ3n) is 1.85. The summed E-state index contributed by atoms with van der Waals surface area (Å²) in [6.45, 7) is 8.50. The predicted octanol–water partition coefficient (Wildman–Crippen LogP) is 3.02. The Bertz CT molecular complexity index is 199. The molecule has 0 unspecified atom stereocenters. The molecule has 74 valence electrons. The van der Waals surface area contributed by atoms with Crippen molar-refractivity contribution in [2.24, 2.45) is 0 Å². The Balaban J connectivity index is 3.88. The van der Waals surface area contributed by atoms with Crippen LogP contribution in [-0.4, -0.2) is 25.0 Å². The number of hydrogen-bond acceptors (Lipinski definition) is 1. The van der Waals surface area contributed by atoms with Crippen molar-refractivity contribution >= 4 is 0 Å². The fraction of sp³-hybridized carbons (Fsp3) is 0.500. The van der Waals surface area contributed by atoms with Crippen LogP contribution in [0.1, 0.15) is 20.8 Å². The van der Waals surface area contributed by atoms with Gasteiger partial charge in [-0.2, -0.15) is 0 Å². The Morgan fingerprint density at radius 2 is 1.92 bits per heavy atom. The first-order valence-corrected chi connectivity index (χ1v) is 4.84. The summed E-state index contributed by atoms with van der Waals surface area (Å²) in [6, 6.07) is 0. The number of nitrogens with zero attached hydrogens (tertiary/aromatic N) is 1. The first-order chi connectivity index (χ1) is 6.20. The lowest BCUT2D eigenvalue weighted by molar-refractivity contribution is 0.383. The van der Waals surface area contributed by atoms with E-state index >= 15 is 0 Å². The minimum Gasteiger partial charge on any atom is -0.303 e. The Hall–Kier alpha value is -0.820. The summed E-state index contributed by atoms with van der Waals surface area (Å²) in [5.41, 5.74) is 1.39. The maximum absolute atomic E-state index is 2.29. The topological polar surface area (TPSA) is 3.24 Å². The van der Waals surface area contributed by atoms with E-state index in [1.807, 2.05) is 19.1 Å². The molecule has 0 rings (SSSR count). The molecule has 1 heteroatoms. The Labute approximate surface area is 82.4 Å². The third kappa shape index (κ3) is 7.54. The highest BCUT2D eigenvalue weighted by Gasteiger charge is 1.93. The Morgan fingerprint density at radius 1 is 1.23 bits per heavy atom. The summed E-state index contributed by atoms with van der Waals surface area (Å²) in [4.78, 5) is 2.29. The summed E-state index contributed by atoms with van der Waals surface area (Å²) in [5, 5.41) is 0. The Morgan fingerprint density at radius 3 is 2.46 bits per heavy atom. The number of allylic oxidation sites excluding steroid dienone is 5. The molecule has 0 saturated heterocycles. The maximum Gasteiger partial charge on any atom is 0.0190 e. The van der Waals surface area contributed by atoms with Crippen molar-refractivity contribution in [1.82, 2.24) is 4.90 Å². The third-order valence-corrected chi connectivity index (χ3v) is 1.85. The predicted molar refractivity (Wildman–Crippen MR) is 60.9 cm³/mol. The fourth-order valence-electron chi connectivity index (χ4n) is 0.985. The second-order valence-electron chi connectivity index (χ2n) is 3.25. The molecular weight excluding hydrogens is 158 g/mol. The molecule has 0 amide bonds. The summed E-state index contributed by atoms with van der Waals surface area (Å²) < 4.78 is 0. The molecule has 0 saturated carbocycles. The van der Waals surface area contributed by atoms with E-state index in [9.17, 15) is 0 Å². The van der Waals surface area contributed by atoms with Crippen LogP contribution in [0.4, 0.5) is 0 Å². The normalized spacial score (nSPS) is 13.8. The van der Waals surface area contributed by atoms with Gasteiger partial charge in [0.1, 0.15) is 0 Å². The molecule has 0 atom stereocenters. The van der Waals surface area contributed by atoms with Crippen LogP contribution in [0.5, 0.6) is 0 Å². The molecule has 1 nitrogen and oxygen atoms in total. The summed E-state index contributed by atoms with van der Waals surface area (Å²) in [6.07, 6.45) is 10.4. The molecule has 0 aliphatic rings. The molecule has 0 fully saturated rings. The van der Waals surface area contributed by atoms with E-state index in [1.54, 1.807) is 0 Å². The highest BCUT2D eigenvalue weighted by molar-refractivity contribution is 5.15. The maximum atomic E-state index is 2.29. The zero-order chi connectivity index (χ0) is 10.1. The largest absolute Gasteiger partial charge is 0.303 e. The molecule has 0 N–H and O–H groups in total. The molecule has 0 aromatic carbocycles. The van der Waals surface area contributed by atoms with Crippen LogP contribution < -0.4 is 0 Å². The van der Waals surface area contributed by atoms with Crippen molar-refractivity contribution in [2.45, 2.75) is 20.8 Å². The van der Waals surface area contributed by atoms with Gasteiger partial charge in [0.05, 0.1) is 0 Å². The van der Waals surface area contributed by atoms with Crippen LogP contribution in [0.2, 0.25) is 0 Å². The van der Waals surface area contributed by atoms with Gasteiger partial charge in [0, 0.05) is 6.54 Å². The van der Waals surface area contributed by atoms with Crippen molar-refractivity contribution in [1.29, 1.82) is 0 Å². The van der Waals surface area contributed by atoms with E-state index in [1.165, 1.54) is 5.57 Å². The van der Waals surface area contributed by atoms with E-state index in [-0.39, 0.29) is 0 Å². The molecular formula is C12H21N. The summed E-state index contributed by atoms with van der Waals surface area (Å²) in [7, 11) is 2.13. The fourth-order valence-corrected chi connectivity index (χ4v) is 0.985.